The van der Waals surface area contributed by atoms with Gasteiger partial charge in [-0.15, -0.1) is 0 Å². The van der Waals surface area contributed by atoms with Crippen LogP contribution in [0.25, 0.3) is 0 Å². The van der Waals surface area contributed by atoms with Gasteiger partial charge in [0.15, 0.2) is 5.75 Å². The summed E-state index contributed by atoms with van der Waals surface area (Å²) in [5, 5.41) is 11.2. The van der Waals surface area contributed by atoms with Crippen molar-refractivity contribution >= 4 is 23.2 Å². The predicted molar refractivity (Wildman–Crippen MR) is 74.6 cm³/mol. The summed E-state index contributed by atoms with van der Waals surface area (Å²) >= 11 is 5.76. The lowest BCUT2D eigenvalue weighted by molar-refractivity contribution is -0.385. The van der Waals surface area contributed by atoms with Crippen LogP contribution in [-0.2, 0) is 4.79 Å². The Hall–Kier alpha value is -1.86. The third-order valence-corrected chi connectivity index (χ3v) is 3.01. The van der Waals surface area contributed by atoms with Crippen LogP contribution in [-0.4, -0.2) is 23.0 Å². The fourth-order valence-corrected chi connectivity index (χ4v) is 1.66. The van der Waals surface area contributed by atoms with Gasteiger partial charge in [0.2, 0.25) is 5.91 Å². The maximum Gasteiger partial charge on any atom is 0.311 e. The van der Waals surface area contributed by atoms with E-state index in [0.29, 0.717) is 17.9 Å². The van der Waals surface area contributed by atoms with Crippen LogP contribution in [0.5, 0.6) is 5.75 Å². The van der Waals surface area contributed by atoms with E-state index in [1.54, 1.807) is 0 Å². The number of ether oxygens (including phenoxy) is 1. The van der Waals surface area contributed by atoms with Gasteiger partial charge in [-0.25, -0.2) is 0 Å². The number of rotatable bonds is 7. The Kier molecular flexibility index (Phi) is 5.29. The first-order valence-corrected chi connectivity index (χ1v) is 6.27. The first kappa shape index (κ1) is 16.2. The molecular formula is C12H16ClN3O4. The van der Waals surface area contributed by atoms with Gasteiger partial charge in [-0.1, -0.05) is 11.6 Å². The van der Waals surface area contributed by atoms with Gasteiger partial charge < -0.3 is 16.2 Å². The summed E-state index contributed by atoms with van der Waals surface area (Å²) < 4.78 is 5.32. The number of carbonyl (C=O) groups excluding carboxylic acids is 1. The van der Waals surface area contributed by atoms with Gasteiger partial charge in [-0.2, -0.15) is 0 Å². The molecule has 0 radical (unpaired) electrons. The number of hydrogen-bond acceptors (Lipinski definition) is 5. The Balaban J connectivity index is 2.60. The summed E-state index contributed by atoms with van der Waals surface area (Å²) in [6.45, 7) is 1.69. The van der Waals surface area contributed by atoms with Crippen molar-refractivity contribution in [1.82, 2.24) is 0 Å². The topological polar surface area (TPSA) is 121 Å². The molecular weight excluding hydrogens is 286 g/mol. The lowest BCUT2D eigenvalue weighted by atomic mass is 9.97. The average molecular weight is 302 g/mol. The zero-order valence-electron chi connectivity index (χ0n) is 11.0. The van der Waals surface area contributed by atoms with E-state index in [2.05, 4.69) is 0 Å². The van der Waals surface area contributed by atoms with Crippen LogP contribution >= 0.6 is 11.6 Å². The highest BCUT2D eigenvalue weighted by Crippen LogP contribution is 2.30. The maximum atomic E-state index is 11.0. The van der Waals surface area contributed by atoms with Gasteiger partial charge in [0.05, 0.1) is 17.1 Å². The Morgan fingerprint density at radius 1 is 1.55 bits per heavy atom. The first-order valence-electron chi connectivity index (χ1n) is 5.89. The number of nitrogens with two attached hydrogens (primary N) is 2. The highest BCUT2D eigenvalue weighted by Gasteiger charge is 2.25. The zero-order valence-corrected chi connectivity index (χ0v) is 11.7. The quantitative estimate of drug-likeness (QED) is 0.450. The maximum absolute atomic E-state index is 11.0. The lowest BCUT2D eigenvalue weighted by Gasteiger charge is -2.20. The van der Waals surface area contributed by atoms with Crippen molar-refractivity contribution < 1.29 is 14.5 Å². The summed E-state index contributed by atoms with van der Waals surface area (Å²) in [7, 11) is 0. The predicted octanol–water partition coefficient (Wildman–Crippen LogP) is 1.61. The Morgan fingerprint density at radius 2 is 2.20 bits per heavy atom. The Labute approximate surface area is 121 Å². The molecule has 0 saturated carbocycles. The summed E-state index contributed by atoms with van der Waals surface area (Å²) in [5.41, 5.74) is 9.53. The van der Waals surface area contributed by atoms with Crippen molar-refractivity contribution in [3.63, 3.8) is 0 Å². The SMILES string of the molecule is CC(N)(CCCOc1cc(Cl)ccc1[N+](=O)[O-])C(N)=O. The molecule has 0 aliphatic heterocycles. The van der Waals surface area contributed by atoms with Crippen LogP contribution in [0.3, 0.4) is 0 Å². The molecule has 1 aromatic rings. The van der Waals surface area contributed by atoms with Crippen LogP contribution in [0.4, 0.5) is 5.69 Å². The van der Waals surface area contributed by atoms with Crippen molar-refractivity contribution in [2.24, 2.45) is 11.5 Å². The number of carbonyl (C=O) groups is 1. The van der Waals surface area contributed by atoms with Gasteiger partial charge >= 0.3 is 5.69 Å². The molecule has 1 rings (SSSR count). The van der Waals surface area contributed by atoms with Crippen LogP contribution in [0, 0.1) is 10.1 Å². The number of primary amides is 1. The van der Waals surface area contributed by atoms with E-state index in [4.69, 9.17) is 27.8 Å². The molecule has 0 aromatic heterocycles. The molecule has 1 amide bonds. The van der Waals surface area contributed by atoms with Gasteiger partial charge in [0.1, 0.15) is 0 Å². The second kappa shape index (κ2) is 6.53. The second-order valence-corrected chi connectivity index (χ2v) is 5.04. The number of benzene rings is 1. The number of hydrogen-bond donors (Lipinski definition) is 2. The number of nitro groups is 1. The molecule has 0 fully saturated rings. The summed E-state index contributed by atoms with van der Waals surface area (Å²) in [5.74, 6) is -0.522. The van der Waals surface area contributed by atoms with E-state index in [1.807, 2.05) is 0 Å². The molecule has 0 aliphatic rings. The normalized spacial score (nSPS) is 13.6. The Morgan fingerprint density at radius 3 is 2.75 bits per heavy atom. The minimum atomic E-state index is -1.12. The van der Waals surface area contributed by atoms with E-state index in [9.17, 15) is 14.9 Å². The molecule has 110 valence electrons. The molecule has 0 spiro atoms. The van der Waals surface area contributed by atoms with E-state index in [-0.39, 0.29) is 18.0 Å². The molecule has 4 N–H and O–H groups in total. The smallest absolute Gasteiger partial charge is 0.311 e. The number of nitro benzene ring substituents is 1. The zero-order chi connectivity index (χ0) is 15.3. The fourth-order valence-electron chi connectivity index (χ4n) is 1.50. The molecule has 0 aliphatic carbocycles. The largest absolute Gasteiger partial charge is 0.487 e. The van der Waals surface area contributed by atoms with Crippen LogP contribution in [0.1, 0.15) is 19.8 Å². The van der Waals surface area contributed by atoms with E-state index in [1.165, 1.54) is 25.1 Å². The van der Waals surface area contributed by atoms with Crippen molar-refractivity contribution in [3.8, 4) is 5.75 Å². The van der Waals surface area contributed by atoms with Crippen molar-refractivity contribution in [2.45, 2.75) is 25.3 Å². The van der Waals surface area contributed by atoms with Crippen molar-refractivity contribution in [1.29, 1.82) is 0 Å². The third kappa shape index (κ3) is 4.36. The highest BCUT2D eigenvalue weighted by molar-refractivity contribution is 6.30. The molecule has 7 nitrogen and oxygen atoms in total. The second-order valence-electron chi connectivity index (χ2n) is 4.60. The monoisotopic (exact) mass is 301 g/mol. The van der Waals surface area contributed by atoms with E-state index < -0.39 is 16.4 Å². The van der Waals surface area contributed by atoms with Gasteiger partial charge in [0.25, 0.3) is 0 Å². The first-order chi connectivity index (χ1) is 9.24. The number of nitrogens with zero attached hydrogens (tertiary/aromatic N) is 1. The molecule has 0 saturated heterocycles. The Bertz CT molecular complexity index is 519. The highest BCUT2D eigenvalue weighted by atomic mass is 35.5. The number of halogens is 1. The molecule has 1 unspecified atom stereocenters. The molecule has 0 bridgehead atoms. The van der Waals surface area contributed by atoms with Crippen molar-refractivity contribution in [2.75, 3.05) is 6.61 Å². The summed E-state index contributed by atoms with van der Waals surface area (Å²) in [6, 6.07) is 4.06. The molecule has 8 heteroatoms. The fraction of sp³-hybridized carbons (Fsp3) is 0.417. The van der Waals surface area contributed by atoms with Gasteiger partial charge in [0, 0.05) is 17.2 Å². The van der Waals surface area contributed by atoms with E-state index in [0.717, 1.165) is 0 Å². The molecule has 20 heavy (non-hydrogen) atoms. The minimum absolute atomic E-state index is 0.0836. The average Bonchev–Trinajstić information content (AvgIpc) is 2.34. The van der Waals surface area contributed by atoms with Gasteiger partial charge in [-0.3, -0.25) is 14.9 Å². The third-order valence-electron chi connectivity index (χ3n) is 2.78. The van der Waals surface area contributed by atoms with E-state index >= 15 is 0 Å². The molecule has 1 aromatic carbocycles. The number of amides is 1. The lowest BCUT2D eigenvalue weighted by Crippen LogP contribution is -2.49. The van der Waals surface area contributed by atoms with Crippen LogP contribution in [0.15, 0.2) is 18.2 Å². The summed E-state index contributed by atoms with van der Waals surface area (Å²) in [6.07, 6.45) is 0.746. The molecule has 0 heterocycles. The summed E-state index contributed by atoms with van der Waals surface area (Å²) in [4.78, 5) is 21.3. The van der Waals surface area contributed by atoms with Crippen LogP contribution in [0.2, 0.25) is 5.02 Å². The van der Waals surface area contributed by atoms with Gasteiger partial charge in [-0.05, 0) is 25.8 Å². The molecule has 1 atom stereocenters. The van der Waals surface area contributed by atoms with Crippen LogP contribution < -0.4 is 16.2 Å². The minimum Gasteiger partial charge on any atom is -0.487 e. The van der Waals surface area contributed by atoms with Crippen molar-refractivity contribution in [3.05, 3.63) is 33.3 Å². The standard InChI is InChI=1S/C12H16ClN3O4/c1-12(15,11(14)17)5-2-6-20-10-7-8(13)3-4-9(10)16(18)19/h3-4,7H,2,5-6,15H2,1H3,(H2,14,17).